The van der Waals surface area contributed by atoms with Crippen molar-refractivity contribution in [2.24, 2.45) is 17.8 Å². The number of hydrogen-bond donors (Lipinski definition) is 0. The summed E-state index contributed by atoms with van der Waals surface area (Å²) >= 11 is -11.2. The van der Waals surface area contributed by atoms with Gasteiger partial charge in [-0.1, -0.05) is 12.2 Å². The van der Waals surface area contributed by atoms with E-state index < -0.39 is 19.5 Å². The SMILES string of the molecule is C[N+]1(CCCCC2CC3C=CC2C3)CCCCC1.[F][Sb-]([F])([F])([F])([F])[F]. The average Bonchev–Trinajstić information content (AvgIpc) is 3.03. The van der Waals surface area contributed by atoms with E-state index in [-0.39, 0.29) is 0 Å². The van der Waals surface area contributed by atoms with Crippen molar-refractivity contribution in [2.75, 3.05) is 26.7 Å². The molecule has 3 unspecified atom stereocenters. The predicted molar refractivity (Wildman–Crippen MR) is 89.7 cm³/mol. The minimum absolute atomic E-state index is 0.964. The summed E-state index contributed by atoms with van der Waals surface area (Å²) in [6.07, 6.45) is 16.8. The number of halogens is 6. The Morgan fingerprint density at radius 3 is 1.96 bits per heavy atom. The second-order valence-corrected chi connectivity index (χ2v) is 13.8. The molecule has 0 aromatic rings. The van der Waals surface area contributed by atoms with Gasteiger partial charge in [0.05, 0.1) is 26.7 Å². The van der Waals surface area contributed by atoms with Crippen LogP contribution in [0.15, 0.2) is 12.2 Å². The van der Waals surface area contributed by atoms with Gasteiger partial charge in [0.15, 0.2) is 0 Å². The van der Waals surface area contributed by atoms with E-state index >= 15 is 0 Å². The van der Waals surface area contributed by atoms with Gasteiger partial charge >= 0.3 is 36.4 Å². The number of likely N-dealkylation sites (tertiary alicyclic amines) is 1. The van der Waals surface area contributed by atoms with Crippen molar-refractivity contribution in [3.8, 4) is 0 Å². The molecule has 0 amide bonds. The summed E-state index contributed by atoms with van der Waals surface area (Å²) in [5, 5.41) is 0. The Morgan fingerprint density at radius 1 is 0.880 bits per heavy atom. The first-order valence-corrected chi connectivity index (χ1v) is 15.1. The van der Waals surface area contributed by atoms with Crippen molar-refractivity contribution in [1.29, 1.82) is 0 Å². The summed E-state index contributed by atoms with van der Waals surface area (Å²) < 4.78 is 60.9. The normalized spacial score (nSPS) is 33.3. The molecule has 0 spiro atoms. The van der Waals surface area contributed by atoms with Gasteiger partial charge in [-0.25, -0.2) is 0 Å². The standard InChI is InChI=1S/C17H30N.6FH.Sb/c1-18(10-4-2-5-11-18)12-6-3-7-16-13-15-8-9-17(16)14-15;;;;;;;/h8-9,15-17H,2-7,10-14H2,1H3;6*1H;/q+1;;;;;;;+5/p-6. The quantitative estimate of drug-likeness (QED) is 0.145. The molecule has 1 heterocycles. The fourth-order valence-corrected chi connectivity index (χ4v) is 4.63. The molecule has 1 saturated heterocycles. The number of rotatable bonds is 5. The Kier molecular flexibility index (Phi) is 5.92. The second-order valence-electron chi connectivity index (χ2n) is 8.35. The Hall–Kier alpha value is 0.0982. The zero-order valence-corrected chi connectivity index (χ0v) is 17.4. The van der Waals surface area contributed by atoms with Gasteiger partial charge in [0, 0.05) is 0 Å². The molecule has 25 heavy (non-hydrogen) atoms. The number of hydrogen-bond acceptors (Lipinski definition) is 0. The molecule has 3 aliphatic rings. The predicted octanol–water partition coefficient (Wildman–Crippen LogP) is 6.14. The average molecular weight is 484 g/mol. The van der Waals surface area contributed by atoms with Crippen LogP contribution in [-0.4, -0.2) is 50.6 Å². The van der Waals surface area contributed by atoms with E-state index in [1.54, 1.807) is 0 Å². The molecular formula is C17H30F6NSb. The van der Waals surface area contributed by atoms with E-state index in [0.717, 1.165) is 17.8 Å². The van der Waals surface area contributed by atoms with Crippen molar-refractivity contribution in [3.63, 3.8) is 0 Å². The Bertz CT molecular complexity index is 469. The van der Waals surface area contributed by atoms with Crippen molar-refractivity contribution in [2.45, 2.75) is 51.4 Å². The van der Waals surface area contributed by atoms with Crippen LogP contribution in [-0.2, 0) is 0 Å². The van der Waals surface area contributed by atoms with E-state index in [1.165, 1.54) is 75.5 Å². The van der Waals surface area contributed by atoms with E-state index in [0.29, 0.717) is 0 Å². The third-order valence-corrected chi connectivity index (χ3v) is 5.84. The summed E-state index contributed by atoms with van der Waals surface area (Å²) in [4.78, 5) is 0. The molecule has 1 saturated carbocycles. The van der Waals surface area contributed by atoms with Crippen LogP contribution < -0.4 is 0 Å². The van der Waals surface area contributed by atoms with Crippen molar-refractivity contribution < 1.29 is 21.4 Å². The van der Waals surface area contributed by atoms with Gasteiger partial charge in [0.1, 0.15) is 0 Å². The molecule has 2 aliphatic carbocycles. The van der Waals surface area contributed by atoms with E-state index in [9.17, 15) is 16.9 Å². The van der Waals surface area contributed by atoms with Crippen LogP contribution in [0.5, 0.6) is 0 Å². The maximum absolute atomic E-state index is 11.2. The Balaban J connectivity index is 0.000000277. The van der Waals surface area contributed by atoms with Crippen LogP contribution in [0.2, 0.25) is 0 Å². The summed E-state index contributed by atoms with van der Waals surface area (Å²) in [5.74, 6) is 2.98. The van der Waals surface area contributed by atoms with Gasteiger partial charge in [0.2, 0.25) is 0 Å². The summed E-state index contributed by atoms with van der Waals surface area (Å²) in [5.41, 5.74) is 0. The molecule has 8 heteroatoms. The molecule has 0 radical (unpaired) electrons. The van der Waals surface area contributed by atoms with Gasteiger partial charge < -0.3 is 4.48 Å². The second kappa shape index (κ2) is 6.92. The third-order valence-electron chi connectivity index (χ3n) is 5.84. The van der Waals surface area contributed by atoms with Gasteiger partial charge in [-0.05, 0) is 69.1 Å². The van der Waals surface area contributed by atoms with Crippen molar-refractivity contribution in [3.05, 3.63) is 12.2 Å². The topological polar surface area (TPSA) is 0 Å². The van der Waals surface area contributed by atoms with Crippen LogP contribution in [0, 0.1) is 17.8 Å². The van der Waals surface area contributed by atoms with E-state index in [2.05, 4.69) is 19.2 Å². The third kappa shape index (κ3) is 9.55. The van der Waals surface area contributed by atoms with Gasteiger partial charge in [-0.2, -0.15) is 0 Å². The fourth-order valence-electron chi connectivity index (χ4n) is 4.63. The Labute approximate surface area is 148 Å². The first-order valence-electron chi connectivity index (χ1n) is 9.28. The van der Waals surface area contributed by atoms with Crippen molar-refractivity contribution in [1.82, 2.24) is 0 Å². The number of unbranched alkanes of at least 4 members (excludes halogenated alkanes) is 1. The number of nitrogens with zero attached hydrogens (tertiary/aromatic N) is 1. The number of quaternary nitrogens is 1. The molecule has 0 aromatic heterocycles. The zero-order chi connectivity index (χ0) is 18.8. The molecule has 1 aliphatic heterocycles. The molecule has 3 rings (SSSR count). The number of piperidine rings is 1. The van der Waals surface area contributed by atoms with Crippen LogP contribution in [0.1, 0.15) is 51.4 Å². The Morgan fingerprint density at radius 2 is 1.48 bits per heavy atom. The summed E-state index contributed by atoms with van der Waals surface area (Å²) in [6.45, 7) is 4.32. The fraction of sp³-hybridized carbons (Fsp3) is 0.882. The molecule has 0 aromatic carbocycles. The first-order chi connectivity index (χ1) is 11.2. The number of fused-ring (bicyclic) bond motifs is 2. The first kappa shape index (κ1) is 21.4. The van der Waals surface area contributed by atoms with Crippen LogP contribution in [0.4, 0.5) is 16.9 Å². The molecule has 1 nitrogen and oxygen atoms in total. The minimum atomic E-state index is -11.2. The van der Waals surface area contributed by atoms with E-state index in [4.69, 9.17) is 0 Å². The monoisotopic (exact) mass is 483 g/mol. The molecule has 2 bridgehead atoms. The van der Waals surface area contributed by atoms with Crippen LogP contribution >= 0.6 is 0 Å². The van der Waals surface area contributed by atoms with Gasteiger partial charge in [-0.15, -0.1) is 0 Å². The molecule has 2 fully saturated rings. The molecule has 3 atom stereocenters. The van der Waals surface area contributed by atoms with Gasteiger partial charge in [-0.3, -0.25) is 0 Å². The zero-order valence-electron chi connectivity index (χ0n) is 14.8. The van der Waals surface area contributed by atoms with E-state index in [1.807, 2.05) is 0 Å². The van der Waals surface area contributed by atoms with Crippen molar-refractivity contribution >= 4 is 19.5 Å². The maximum atomic E-state index is 9.93. The summed E-state index contributed by atoms with van der Waals surface area (Å²) in [7, 11) is 2.49. The van der Waals surface area contributed by atoms with Crippen LogP contribution in [0.3, 0.4) is 0 Å². The van der Waals surface area contributed by atoms with Gasteiger partial charge in [0.25, 0.3) is 0 Å². The molecule has 150 valence electrons. The molecular weight excluding hydrogens is 454 g/mol. The molecule has 0 N–H and O–H groups in total. The summed E-state index contributed by atoms with van der Waals surface area (Å²) in [6, 6.07) is 0. The number of allylic oxidation sites excluding steroid dienone is 2. The van der Waals surface area contributed by atoms with Crippen LogP contribution in [0.25, 0.3) is 0 Å².